The maximum Gasteiger partial charge on any atom is 0.410 e. The van der Waals surface area contributed by atoms with E-state index in [1.165, 1.54) is 38.5 Å². The van der Waals surface area contributed by atoms with Crippen molar-refractivity contribution in [1.82, 2.24) is 15.1 Å². The predicted octanol–water partition coefficient (Wildman–Crippen LogP) is 5.68. The number of hydrogen-bond acceptors (Lipinski definition) is 8. The summed E-state index contributed by atoms with van der Waals surface area (Å²) in [4.78, 5) is 43.0. The lowest BCUT2D eigenvalue weighted by atomic mass is 9.89. The van der Waals surface area contributed by atoms with Crippen molar-refractivity contribution in [2.75, 3.05) is 32.7 Å². The van der Waals surface area contributed by atoms with Gasteiger partial charge in [-0.2, -0.15) is 0 Å². The number of rotatable bonds is 8. The number of amides is 2. The fraction of sp³-hybridized carbons (Fsp3) is 0.769. The Morgan fingerprint density at radius 2 is 1.69 bits per heavy atom. The van der Waals surface area contributed by atoms with Crippen molar-refractivity contribution in [3.63, 3.8) is 0 Å². The number of aliphatic hydroxyl groups is 2. The van der Waals surface area contributed by atoms with E-state index in [1.807, 2.05) is 45.1 Å². The van der Waals surface area contributed by atoms with Crippen LogP contribution in [-0.4, -0.2) is 101 Å². The molecule has 10 nitrogen and oxygen atoms in total. The number of ether oxygens (including phenoxy) is 2. The zero-order valence-corrected chi connectivity index (χ0v) is 30.5. The smallest absolute Gasteiger partial charge is 0.410 e. The molecule has 0 unspecified atom stereocenters. The Morgan fingerprint density at radius 3 is 2.37 bits per heavy atom. The highest BCUT2D eigenvalue weighted by molar-refractivity contribution is 5.78. The molecule has 6 atom stereocenters. The molecule has 0 bridgehead atoms. The van der Waals surface area contributed by atoms with Gasteiger partial charge in [0.2, 0.25) is 5.91 Å². The van der Waals surface area contributed by atoms with Gasteiger partial charge in [-0.1, -0.05) is 76.7 Å². The normalized spacial score (nSPS) is 32.1. The van der Waals surface area contributed by atoms with Gasteiger partial charge >= 0.3 is 12.1 Å². The Labute approximate surface area is 294 Å². The van der Waals surface area contributed by atoms with E-state index in [9.17, 15) is 24.6 Å². The van der Waals surface area contributed by atoms with Gasteiger partial charge in [0.05, 0.1) is 12.5 Å². The van der Waals surface area contributed by atoms with Crippen LogP contribution in [0.5, 0.6) is 0 Å². The molecule has 0 spiro atoms. The molecule has 2 amide bonds. The lowest BCUT2D eigenvalue weighted by molar-refractivity contribution is -0.151. The molecule has 0 aromatic rings. The summed E-state index contributed by atoms with van der Waals surface area (Å²) in [5.74, 6) is -0.418. The number of cyclic esters (lactones) is 1. The molecule has 2 aliphatic heterocycles. The average Bonchev–Trinajstić information content (AvgIpc) is 3.49. The molecule has 0 aromatic carbocycles. The first-order valence-corrected chi connectivity index (χ1v) is 19.0. The van der Waals surface area contributed by atoms with Crippen LogP contribution < -0.4 is 5.32 Å². The first-order chi connectivity index (χ1) is 23.4. The molecule has 0 aromatic heterocycles. The van der Waals surface area contributed by atoms with Gasteiger partial charge in [-0.25, -0.2) is 4.79 Å². The second-order valence-electron chi connectivity index (χ2n) is 15.4. The topological polar surface area (TPSA) is 129 Å². The fourth-order valence-electron chi connectivity index (χ4n) is 7.68. The highest BCUT2D eigenvalue weighted by atomic mass is 16.6. The summed E-state index contributed by atoms with van der Waals surface area (Å²) in [5.41, 5.74) is -0.646. The monoisotopic (exact) mass is 685 g/mol. The molecule has 4 aliphatic rings. The number of nitrogens with one attached hydrogen (secondary N) is 1. The molecule has 2 saturated carbocycles. The van der Waals surface area contributed by atoms with Crippen molar-refractivity contribution in [3.05, 3.63) is 36.0 Å². The minimum Gasteiger partial charge on any atom is -0.457 e. The summed E-state index contributed by atoms with van der Waals surface area (Å²) in [6, 6.07) is 0.593. The van der Waals surface area contributed by atoms with E-state index in [0.29, 0.717) is 25.7 Å². The van der Waals surface area contributed by atoms with E-state index in [-0.39, 0.29) is 42.9 Å². The van der Waals surface area contributed by atoms with E-state index < -0.39 is 36.0 Å². The Morgan fingerprint density at radius 1 is 1.04 bits per heavy atom. The number of hydrogen-bond donors (Lipinski definition) is 3. The van der Waals surface area contributed by atoms with Gasteiger partial charge in [0.1, 0.15) is 11.7 Å². The van der Waals surface area contributed by atoms with Crippen molar-refractivity contribution < 1.29 is 34.1 Å². The first-order valence-electron chi connectivity index (χ1n) is 19.0. The van der Waals surface area contributed by atoms with Crippen LogP contribution in [0.15, 0.2) is 36.0 Å². The molecule has 2 aliphatic carbocycles. The number of esters is 1. The van der Waals surface area contributed by atoms with Gasteiger partial charge in [-0.15, -0.1) is 0 Å². The summed E-state index contributed by atoms with van der Waals surface area (Å²) in [5, 5.41) is 25.3. The van der Waals surface area contributed by atoms with Crippen LogP contribution in [0.4, 0.5) is 4.79 Å². The second kappa shape index (κ2) is 19.1. The maximum atomic E-state index is 13.4. The molecule has 1 saturated heterocycles. The number of piperazine rings is 1. The van der Waals surface area contributed by atoms with Crippen LogP contribution >= 0.6 is 0 Å². The average molecular weight is 686 g/mol. The third kappa shape index (κ3) is 12.2. The molecular formula is C39H63N3O7. The van der Waals surface area contributed by atoms with Crippen LogP contribution in [0.3, 0.4) is 0 Å². The van der Waals surface area contributed by atoms with Crippen LogP contribution in [0.2, 0.25) is 0 Å². The number of carbonyl (C=O) groups excluding carboxylic acids is 3. The molecule has 4 rings (SSSR count). The van der Waals surface area contributed by atoms with Gasteiger partial charge in [-0.3, -0.25) is 14.5 Å². The summed E-state index contributed by atoms with van der Waals surface area (Å²) >= 11 is 0. The fourth-order valence-corrected chi connectivity index (χ4v) is 7.68. The first kappa shape index (κ1) is 39.1. The number of allylic oxidation sites excluding steroid dienone is 2. The van der Waals surface area contributed by atoms with Crippen LogP contribution in [0.1, 0.15) is 111 Å². The van der Waals surface area contributed by atoms with Gasteiger partial charge in [-0.05, 0) is 69.9 Å². The van der Waals surface area contributed by atoms with E-state index in [1.54, 1.807) is 17.9 Å². The summed E-state index contributed by atoms with van der Waals surface area (Å²) in [6.45, 7) is 10.8. The van der Waals surface area contributed by atoms with Gasteiger partial charge in [0.25, 0.3) is 0 Å². The zero-order valence-electron chi connectivity index (χ0n) is 30.5. The predicted molar refractivity (Wildman–Crippen MR) is 191 cm³/mol. The standard InChI is InChI=1S/C39H63N3O7/c1-28(27-40-37(45)31-14-9-10-15-31)12-11-13-29(2)36-30(3)18-19-34(39(4,47)21-20-33(43)26-35(44)49-36)48-38(46)42-24-22-41(23-25-42)32-16-7-5-6-8-17-32/h11-13,18-19,28,30-34,36,43,47H,5-10,14-17,20-27H2,1-4H3,(H,40,45)/b12-11+,19-18+,29-13+/t28-,30+,33+,34+,36-,39+/m1/s1. The third-order valence-electron chi connectivity index (χ3n) is 11.0. The van der Waals surface area contributed by atoms with Crippen molar-refractivity contribution in [2.45, 2.75) is 141 Å². The molecule has 49 heavy (non-hydrogen) atoms. The summed E-state index contributed by atoms with van der Waals surface area (Å²) in [7, 11) is 0. The number of aliphatic hydroxyl groups excluding tert-OH is 1. The minimum atomic E-state index is -1.45. The molecule has 3 fully saturated rings. The molecular weight excluding hydrogens is 622 g/mol. The largest absolute Gasteiger partial charge is 0.457 e. The van der Waals surface area contributed by atoms with E-state index in [2.05, 4.69) is 10.2 Å². The Bertz CT molecular complexity index is 1160. The van der Waals surface area contributed by atoms with Crippen molar-refractivity contribution in [2.24, 2.45) is 17.8 Å². The second-order valence-corrected chi connectivity index (χ2v) is 15.4. The minimum absolute atomic E-state index is 0.123. The van der Waals surface area contributed by atoms with Crippen molar-refractivity contribution >= 4 is 18.0 Å². The SMILES string of the molecule is C/C(=C\C=C\[C@@H](C)CNC(=O)C1CCCC1)[C@H]1OC(=O)C[C@@H](O)CC[C@](C)(O)[C@@H](OC(=O)N2CCN(C3CCCCCC3)CC2)/C=C/[C@@H]1C. The van der Waals surface area contributed by atoms with Gasteiger partial charge in [0.15, 0.2) is 6.10 Å². The van der Waals surface area contributed by atoms with Gasteiger partial charge in [0, 0.05) is 50.6 Å². The number of carbonyl (C=O) groups is 3. The summed E-state index contributed by atoms with van der Waals surface area (Å²) in [6.07, 6.45) is 18.3. The number of nitrogens with zero attached hydrogens (tertiary/aromatic N) is 2. The van der Waals surface area contributed by atoms with Crippen molar-refractivity contribution in [1.29, 1.82) is 0 Å². The Balaban J connectivity index is 1.40. The molecule has 10 heteroatoms. The molecule has 0 radical (unpaired) electrons. The molecule has 276 valence electrons. The van der Waals surface area contributed by atoms with Crippen molar-refractivity contribution in [3.8, 4) is 0 Å². The van der Waals surface area contributed by atoms with Crippen LogP contribution in [-0.2, 0) is 19.1 Å². The quantitative estimate of drug-likeness (QED) is 0.129. The highest BCUT2D eigenvalue weighted by Gasteiger charge is 2.37. The maximum absolute atomic E-state index is 13.4. The molecule has 3 N–H and O–H groups in total. The summed E-state index contributed by atoms with van der Waals surface area (Å²) < 4.78 is 11.9. The van der Waals surface area contributed by atoms with Gasteiger partial charge < -0.3 is 29.9 Å². The Kier molecular flexibility index (Phi) is 15.2. The van der Waals surface area contributed by atoms with E-state index >= 15 is 0 Å². The third-order valence-corrected chi connectivity index (χ3v) is 11.0. The molecule has 2 heterocycles. The highest BCUT2D eigenvalue weighted by Crippen LogP contribution is 2.29. The van der Waals surface area contributed by atoms with E-state index in [4.69, 9.17) is 9.47 Å². The van der Waals surface area contributed by atoms with Crippen LogP contribution in [0, 0.1) is 17.8 Å². The van der Waals surface area contributed by atoms with Crippen LogP contribution in [0.25, 0.3) is 0 Å². The zero-order chi connectivity index (χ0) is 35.4. The Hall–Kier alpha value is -2.69. The van der Waals surface area contributed by atoms with E-state index in [0.717, 1.165) is 44.3 Å². The lowest BCUT2D eigenvalue weighted by Gasteiger charge is -2.40. The lowest BCUT2D eigenvalue weighted by Crippen LogP contribution is -2.53.